The molecule has 0 unspecified atom stereocenters. The zero-order valence-electron chi connectivity index (χ0n) is 18.4. The van der Waals surface area contributed by atoms with Gasteiger partial charge in [0.15, 0.2) is 11.6 Å². The van der Waals surface area contributed by atoms with Crippen LogP contribution in [0.4, 0.5) is 8.78 Å². The van der Waals surface area contributed by atoms with Gasteiger partial charge in [-0.25, -0.2) is 8.78 Å². The fourth-order valence-electron chi connectivity index (χ4n) is 3.59. The summed E-state index contributed by atoms with van der Waals surface area (Å²) in [7, 11) is 1.67. The lowest BCUT2D eigenvalue weighted by Crippen LogP contribution is -2.18. The lowest BCUT2D eigenvalue weighted by molar-refractivity contribution is 0.406. The number of rotatable bonds is 7. The summed E-state index contributed by atoms with van der Waals surface area (Å²) in [4.78, 5) is 21.0. The first-order valence-corrected chi connectivity index (χ1v) is 10.6. The van der Waals surface area contributed by atoms with E-state index in [0.29, 0.717) is 23.2 Å². The highest BCUT2D eigenvalue weighted by atomic mass is 19.1. The number of aryl methyl sites for hydroxylation is 4. The van der Waals surface area contributed by atoms with Gasteiger partial charge in [0.2, 0.25) is 0 Å². The Labute approximate surface area is 190 Å². The Hall–Kier alpha value is -3.87. The van der Waals surface area contributed by atoms with Gasteiger partial charge < -0.3 is 9.30 Å². The highest BCUT2D eigenvalue weighted by Crippen LogP contribution is 2.26. The summed E-state index contributed by atoms with van der Waals surface area (Å²) < 4.78 is 34.5. The Morgan fingerprint density at radius 2 is 1.76 bits per heavy atom. The molecule has 2 heterocycles. The molecule has 33 heavy (non-hydrogen) atoms. The van der Waals surface area contributed by atoms with Crippen LogP contribution in [0.1, 0.15) is 23.2 Å². The third kappa shape index (κ3) is 5.49. The van der Waals surface area contributed by atoms with Gasteiger partial charge in [-0.3, -0.25) is 4.79 Å². The number of pyridine rings is 1. The first-order chi connectivity index (χ1) is 15.9. The molecule has 0 N–H and O–H groups in total. The summed E-state index contributed by atoms with van der Waals surface area (Å²) in [5.74, 6) is -1.70. The van der Waals surface area contributed by atoms with Gasteiger partial charge >= 0.3 is 6.01 Å². The van der Waals surface area contributed by atoms with Crippen molar-refractivity contribution < 1.29 is 13.5 Å². The zero-order chi connectivity index (χ0) is 23.4. The number of nitrogens with zero attached hydrogens (tertiary/aromatic N) is 3. The van der Waals surface area contributed by atoms with Crippen molar-refractivity contribution in [2.24, 2.45) is 7.05 Å². The molecule has 2 aromatic heterocycles. The maximum atomic E-state index is 14.1. The molecule has 0 aliphatic carbocycles. The van der Waals surface area contributed by atoms with Gasteiger partial charge in [-0.1, -0.05) is 30.3 Å². The Balaban J connectivity index is 1.66. The van der Waals surface area contributed by atoms with Crippen LogP contribution in [0.5, 0.6) is 11.8 Å². The standard InChI is InChI=1S/C26H23F2N3O2/c1-17-13-19(16-31(2)25(17)32)23-15-21(10-6-9-18-7-4-3-5-8-18)29-26(30-23)33-24-12-11-20(27)14-22(24)28/h3-5,7-8,11-16H,6,9-10H2,1-2H3. The first kappa shape index (κ1) is 22.3. The van der Waals surface area contributed by atoms with Crippen LogP contribution in [0.15, 0.2) is 71.7 Å². The fourth-order valence-corrected chi connectivity index (χ4v) is 3.59. The van der Waals surface area contributed by atoms with Gasteiger partial charge in [-0.2, -0.15) is 9.97 Å². The van der Waals surface area contributed by atoms with Gasteiger partial charge in [-0.15, -0.1) is 0 Å². The number of benzene rings is 2. The molecule has 0 bridgehead atoms. The number of hydrogen-bond acceptors (Lipinski definition) is 4. The number of hydrogen-bond donors (Lipinski definition) is 0. The molecule has 4 aromatic rings. The smallest absolute Gasteiger partial charge is 0.322 e. The van der Waals surface area contributed by atoms with E-state index < -0.39 is 11.6 Å². The van der Waals surface area contributed by atoms with Gasteiger partial charge in [0.25, 0.3) is 5.56 Å². The first-order valence-electron chi connectivity index (χ1n) is 10.6. The number of halogens is 2. The van der Waals surface area contributed by atoms with E-state index in [2.05, 4.69) is 22.1 Å². The van der Waals surface area contributed by atoms with E-state index in [4.69, 9.17) is 4.74 Å². The van der Waals surface area contributed by atoms with Gasteiger partial charge in [0.1, 0.15) is 5.82 Å². The fraction of sp³-hybridized carbons (Fsp3) is 0.192. The molecule has 7 heteroatoms. The molecule has 0 saturated heterocycles. The van der Waals surface area contributed by atoms with Crippen molar-refractivity contribution in [3.05, 3.63) is 106 Å². The van der Waals surface area contributed by atoms with Crippen LogP contribution < -0.4 is 10.3 Å². The Bertz CT molecular complexity index is 1310. The third-order valence-corrected chi connectivity index (χ3v) is 5.25. The molecule has 0 spiro atoms. The Morgan fingerprint density at radius 1 is 0.970 bits per heavy atom. The van der Waals surface area contributed by atoms with Crippen molar-refractivity contribution in [3.8, 4) is 23.0 Å². The molecule has 0 amide bonds. The van der Waals surface area contributed by atoms with E-state index in [1.807, 2.05) is 24.3 Å². The Kier molecular flexibility index (Phi) is 6.58. The van der Waals surface area contributed by atoms with E-state index in [-0.39, 0.29) is 17.3 Å². The largest absolute Gasteiger partial charge is 0.421 e. The minimum Gasteiger partial charge on any atom is -0.421 e. The average Bonchev–Trinajstić information content (AvgIpc) is 2.79. The van der Waals surface area contributed by atoms with Crippen molar-refractivity contribution in [2.45, 2.75) is 26.2 Å². The molecule has 4 rings (SSSR count). The van der Waals surface area contributed by atoms with E-state index in [1.54, 1.807) is 26.2 Å². The molecular formula is C26H23F2N3O2. The topological polar surface area (TPSA) is 57.0 Å². The SMILES string of the molecule is Cc1cc(-c2cc(CCCc3ccccc3)nc(Oc3ccc(F)cc3F)n2)cn(C)c1=O. The summed E-state index contributed by atoms with van der Waals surface area (Å²) in [5.41, 5.74) is 3.69. The second-order valence-corrected chi connectivity index (χ2v) is 7.87. The summed E-state index contributed by atoms with van der Waals surface area (Å²) >= 11 is 0. The summed E-state index contributed by atoms with van der Waals surface area (Å²) in [6, 6.07) is 16.7. The molecule has 0 aliphatic rings. The molecule has 0 radical (unpaired) electrons. The van der Waals surface area contributed by atoms with Crippen molar-refractivity contribution in [1.29, 1.82) is 0 Å². The monoisotopic (exact) mass is 447 g/mol. The maximum Gasteiger partial charge on any atom is 0.322 e. The quantitative estimate of drug-likeness (QED) is 0.381. The molecule has 168 valence electrons. The van der Waals surface area contributed by atoms with Crippen LogP contribution >= 0.6 is 0 Å². The molecule has 2 aromatic carbocycles. The zero-order valence-corrected chi connectivity index (χ0v) is 18.4. The third-order valence-electron chi connectivity index (χ3n) is 5.25. The number of aromatic nitrogens is 3. The normalized spacial score (nSPS) is 10.9. The minimum absolute atomic E-state index is 0.0424. The van der Waals surface area contributed by atoms with E-state index in [0.717, 1.165) is 30.7 Å². The highest BCUT2D eigenvalue weighted by Gasteiger charge is 2.13. The van der Waals surface area contributed by atoms with Crippen LogP contribution in [-0.2, 0) is 19.9 Å². The van der Waals surface area contributed by atoms with E-state index in [9.17, 15) is 13.6 Å². The van der Waals surface area contributed by atoms with Crippen LogP contribution in [0.3, 0.4) is 0 Å². The van der Waals surface area contributed by atoms with Crippen LogP contribution in [0, 0.1) is 18.6 Å². The Morgan fingerprint density at radius 3 is 2.48 bits per heavy atom. The second kappa shape index (κ2) is 9.73. The summed E-state index contributed by atoms with van der Waals surface area (Å²) in [6.07, 6.45) is 4.06. The number of ether oxygens (including phenoxy) is 1. The summed E-state index contributed by atoms with van der Waals surface area (Å²) in [6.45, 7) is 1.74. The molecule has 5 nitrogen and oxygen atoms in total. The van der Waals surface area contributed by atoms with Crippen LogP contribution in [0.2, 0.25) is 0 Å². The minimum atomic E-state index is -0.840. The predicted molar refractivity (Wildman–Crippen MR) is 122 cm³/mol. The van der Waals surface area contributed by atoms with E-state index >= 15 is 0 Å². The average molecular weight is 447 g/mol. The van der Waals surface area contributed by atoms with E-state index in [1.165, 1.54) is 16.2 Å². The highest BCUT2D eigenvalue weighted by molar-refractivity contribution is 5.59. The van der Waals surface area contributed by atoms with Gasteiger partial charge in [0, 0.05) is 36.1 Å². The van der Waals surface area contributed by atoms with Gasteiger partial charge in [-0.05, 0) is 56.0 Å². The summed E-state index contributed by atoms with van der Waals surface area (Å²) in [5, 5.41) is 0. The molecular weight excluding hydrogens is 424 g/mol. The molecule has 0 atom stereocenters. The van der Waals surface area contributed by atoms with Gasteiger partial charge in [0.05, 0.1) is 5.69 Å². The van der Waals surface area contributed by atoms with Crippen molar-refractivity contribution in [3.63, 3.8) is 0 Å². The van der Waals surface area contributed by atoms with Crippen molar-refractivity contribution >= 4 is 0 Å². The van der Waals surface area contributed by atoms with Crippen molar-refractivity contribution in [2.75, 3.05) is 0 Å². The van der Waals surface area contributed by atoms with Crippen molar-refractivity contribution in [1.82, 2.24) is 14.5 Å². The lowest BCUT2D eigenvalue weighted by atomic mass is 10.1. The molecule has 0 fully saturated rings. The maximum absolute atomic E-state index is 14.1. The second-order valence-electron chi connectivity index (χ2n) is 7.87. The lowest BCUT2D eigenvalue weighted by Gasteiger charge is -2.11. The molecule has 0 aliphatic heterocycles. The van der Waals surface area contributed by atoms with Crippen LogP contribution in [0.25, 0.3) is 11.3 Å². The predicted octanol–water partition coefficient (Wildman–Crippen LogP) is 5.40. The van der Waals surface area contributed by atoms with Crippen LogP contribution in [-0.4, -0.2) is 14.5 Å². The molecule has 0 saturated carbocycles.